The average molecular weight is 594 g/mol. The number of ether oxygens (including phenoxy) is 2. The van der Waals surface area contributed by atoms with Gasteiger partial charge in [-0.25, -0.2) is 4.98 Å². The zero-order valence-corrected chi connectivity index (χ0v) is 22.8. The van der Waals surface area contributed by atoms with Crippen molar-refractivity contribution in [1.82, 2.24) is 25.5 Å². The Balaban J connectivity index is 1.09. The highest BCUT2D eigenvalue weighted by molar-refractivity contribution is 7.99. The van der Waals surface area contributed by atoms with E-state index in [4.69, 9.17) is 4.74 Å². The van der Waals surface area contributed by atoms with E-state index in [0.717, 1.165) is 26.4 Å². The molecule has 6 rings (SSSR count). The highest BCUT2D eigenvalue weighted by Crippen LogP contribution is 2.46. The second-order valence-corrected chi connectivity index (χ2v) is 10.9. The van der Waals surface area contributed by atoms with Crippen molar-refractivity contribution in [3.05, 3.63) is 78.1 Å². The molecule has 0 bridgehead atoms. The Labute approximate surface area is 242 Å². The van der Waals surface area contributed by atoms with Gasteiger partial charge < -0.3 is 30.0 Å². The lowest BCUT2D eigenvalue weighted by Crippen LogP contribution is -2.48. The van der Waals surface area contributed by atoms with Crippen molar-refractivity contribution in [2.45, 2.75) is 41.5 Å². The van der Waals surface area contributed by atoms with Gasteiger partial charge in [0.25, 0.3) is 5.91 Å². The topological polar surface area (TPSA) is 126 Å². The van der Waals surface area contributed by atoms with Gasteiger partial charge in [0.2, 0.25) is 11.8 Å². The third kappa shape index (κ3) is 5.92. The molecule has 0 spiro atoms. The van der Waals surface area contributed by atoms with Gasteiger partial charge in [-0.3, -0.25) is 14.4 Å². The van der Waals surface area contributed by atoms with E-state index in [-0.39, 0.29) is 25.1 Å². The maximum atomic E-state index is 13.1. The number of H-pyrrole nitrogens is 1. The van der Waals surface area contributed by atoms with Gasteiger partial charge in [0.1, 0.15) is 17.5 Å². The maximum Gasteiger partial charge on any atom is 0.345 e. The zero-order chi connectivity index (χ0) is 29.2. The standard InChI is InChI=1S/C29H25F2N5O5S/c30-29(31)40-18-11-21(28(39)32-12-16-5-7-19-20(9-16)35-15-34-19)36(14-18)26(37)13-33-27(38)17-6-8-25-23(10-17)41-22-3-1-2-4-24(22)42-25/h1-10,15,18,21,29H,11-14H2,(H,32,39)(H,33,38)(H,34,35)/t18-,21?/m1/s1. The summed E-state index contributed by atoms with van der Waals surface area (Å²) in [4.78, 5) is 49.3. The first kappa shape index (κ1) is 27.7. The van der Waals surface area contributed by atoms with Crippen LogP contribution in [0.15, 0.2) is 76.8 Å². The number of halogens is 2. The molecule has 13 heteroatoms. The first-order chi connectivity index (χ1) is 20.3. The number of fused-ring (bicyclic) bond motifs is 3. The Morgan fingerprint density at radius 3 is 2.76 bits per heavy atom. The molecule has 2 atom stereocenters. The van der Waals surface area contributed by atoms with Crippen LogP contribution in [0.2, 0.25) is 0 Å². The molecule has 1 saturated heterocycles. The summed E-state index contributed by atoms with van der Waals surface area (Å²) in [5, 5.41) is 5.34. The van der Waals surface area contributed by atoms with E-state index in [1.54, 1.807) is 30.6 Å². The smallest absolute Gasteiger partial charge is 0.345 e. The third-order valence-corrected chi connectivity index (χ3v) is 8.14. The average Bonchev–Trinajstić information content (AvgIpc) is 3.63. The number of nitrogens with zero attached hydrogens (tertiary/aromatic N) is 2. The number of alkyl halides is 2. The molecule has 1 unspecified atom stereocenters. The molecule has 42 heavy (non-hydrogen) atoms. The SMILES string of the molecule is O=C(NCC(=O)N1C[C@H](OC(F)F)CC1C(=O)NCc1ccc2nc[nH]c2c1)c1ccc2c(c1)Oc1ccccc1S2. The lowest BCUT2D eigenvalue weighted by molar-refractivity contribution is -0.160. The molecule has 3 heterocycles. The zero-order valence-electron chi connectivity index (χ0n) is 22.0. The van der Waals surface area contributed by atoms with E-state index >= 15 is 0 Å². The summed E-state index contributed by atoms with van der Waals surface area (Å²) in [6, 6.07) is 16.9. The fraction of sp³-hybridized carbons (Fsp3) is 0.241. The first-order valence-electron chi connectivity index (χ1n) is 13.1. The molecule has 2 aliphatic heterocycles. The van der Waals surface area contributed by atoms with Crippen LogP contribution in [0.3, 0.4) is 0 Å². The quantitative estimate of drug-likeness (QED) is 0.248. The minimum Gasteiger partial charge on any atom is -0.455 e. The van der Waals surface area contributed by atoms with Crippen molar-refractivity contribution in [3.8, 4) is 11.5 Å². The minimum absolute atomic E-state index is 0.100. The number of hydrogen-bond donors (Lipinski definition) is 3. The molecule has 10 nitrogen and oxygen atoms in total. The van der Waals surface area contributed by atoms with Crippen LogP contribution in [0.25, 0.3) is 11.0 Å². The number of aromatic amines is 1. The number of para-hydroxylation sites is 1. The van der Waals surface area contributed by atoms with E-state index in [9.17, 15) is 23.2 Å². The summed E-state index contributed by atoms with van der Waals surface area (Å²) in [6.07, 6.45) is 0.436. The van der Waals surface area contributed by atoms with Gasteiger partial charge in [-0.2, -0.15) is 8.78 Å². The van der Waals surface area contributed by atoms with Crippen molar-refractivity contribution in [2.75, 3.05) is 13.1 Å². The molecule has 3 amide bonds. The number of carbonyl (C=O) groups excluding carboxylic acids is 3. The Kier molecular flexibility index (Phi) is 7.76. The monoisotopic (exact) mass is 593 g/mol. The summed E-state index contributed by atoms with van der Waals surface area (Å²) >= 11 is 1.52. The maximum absolute atomic E-state index is 13.1. The number of likely N-dealkylation sites (tertiary alicyclic amines) is 1. The summed E-state index contributed by atoms with van der Waals surface area (Å²) < 4.78 is 36.5. The largest absolute Gasteiger partial charge is 0.455 e. The van der Waals surface area contributed by atoms with Gasteiger partial charge in [0, 0.05) is 25.1 Å². The Bertz CT molecular complexity index is 1660. The van der Waals surface area contributed by atoms with Crippen LogP contribution in [0.5, 0.6) is 11.5 Å². The fourth-order valence-electron chi connectivity index (χ4n) is 4.99. The lowest BCUT2D eigenvalue weighted by atomic mass is 10.1. The Morgan fingerprint density at radius 2 is 1.90 bits per heavy atom. The molecule has 1 aromatic heterocycles. The van der Waals surface area contributed by atoms with Gasteiger partial charge >= 0.3 is 6.61 Å². The number of carbonyl (C=O) groups is 3. The van der Waals surface area contributed by atoms with Crippen LogP contribution in [0.4, 0.5) is 8.78 Å². The Hall–Kier alpha value is -4.49. The van der Waals surface area contributed by atoms with E-state index in [1.807, 2.05) is 36.4 Å². The van der Waals surface area contributed by atoms with Gasteiger partial charge in [-0.15, -0.1) is 0 Å². The molecule has 0 saturated carbocycles. The first-order valence-corrected chi connectivity index (χ1v) is 14.0. The van der Waals surface area contributed by atoms with Gasteiger partial charge in [0.15, 0.2) is 0 Å². The van der Waals surface area contributed by atoms with Gasteiger partial charge in [-0.1, -0.05) is 30.0 Å². The van der Waals surface area contributed by atoms with E-state index in [2.05, 4.69) is 25.3 Å². The van der Waals surface area contributed by atoms with E-state index < -0.39 is 43.0 Å². The van der Waals surface area contributed by atoms with E-state index in [1.165, 1.54) is 16.7 Å². The molecule has 2 aliphatic rings. The minimum atomic E-state index is -3.05. The van der Waals surface area contributed by atoms with Crippen molar-refractivity contribution >= 4 is 40.5 Å². The molecule has 1 fully saturated rings. The number of aromatic nitrogens is 2. The number of benzene rings is 3. The van der Waals surface area contributed by atoms with Crippen molar-refractivity contribution in [3.63, 3.8) is 0 Å². The molecule has 4 aromatic rings. The normalized spacial score (nSPS) is 17.5. The number of amides is 3. The summed E-state index contributed by atoms with van der Waals surface area (Å²) in [6.45, 7) is -3.53. The van der Waals surface area contributed by atoms with Crippen LogP contribution in [0.1, 0.15) is 22.3 Å². The number of rotatable bonds is 8. The van der Waals surface area contributed by atoms with Gasteiger partial charge in [-0.05, 0) is 48.0 Å². The van der Waals surface area contributed by atoms with E-state index in [0.29, 0.717) is 11.5 Å². The van der Waals surface area contributed by atoms with Gasteiger partial charge in [0.05, 0.1) is 39.8 Å². The summed E-state index contributed by atoms with van der Waals surface area (Å²) in [5.41, 5.74) is 2.65. The molecule has 3 N–H and O–H groups in total. The highest BCUT2D eigenvalue weighted by Gasteiger charge is 2.41. The van der Waals surface area contributed by atoms with Crippen molar-refractivity contribution in [1.29, 1.82) is 0 Å². The van der Waals surface area contributed by atoms with Crippen molar-refractivity contribution < 1.29 is 32.6 Å². The molecular weight excluding hydrogens is 568 g/mol. The lowest BCUT2D eigenvalue weighted by Gasteiger charge is -2.24. The third-order valence-electron chi connectivity index (χ3n) is 7.03. The Morgan fingerprint density at radius 1 is 1.07 bits per heavy atom. The number of nitrogens with one attached hydrogen (secondary N) is 3. The highest BCUT2D eigenvalue weighted by atomic mass is 32.2. The van der Waals surface area contributed by atoms with Crippen molar-refractivity contribution in [2.24, 2.45) is 0 Å². The van der Waals surface area contributed by atoms with Crippen LogP contribution in [-0.4, -0.2) is 64.4 Å². The predicted molar refractivity (Wildman–Crippen MR) is 148 cm³/mol. The molecule has 0 radical (unpaired) electrons. The van der Waals surface area contributed by atoms with Crippen LogP contribution >= 0.6 is 11.8 Å². The summed E-state index contributed by atoms with van der Waals surface area (Å²) in [5.74, 6) is -0.421. The molecule has 3 aromatic carbocycles. The predicted octanol–water partition coefficient (Wildman–Crippen LogP) is 4.07. The molecule has 216 valence electrons. The molecule has 0 aliphatic carbocycles. The molecular formula is C29H25F2N5O5S. The van der Waals surface area contributed by atoms with Crippen LogP contribution < -0.4 is 15.4 Å². The van der Waals surface area contributed by atoms with Crippen LogP contribution in [-0.2, 0) is 20.9 Å². The summed E-state index contributed by atoms with van der Waals surface area (Å²) in [7, 11) is 0. The number of imidazole rings is 1. The fourth-order valence-corrected chi connectivity index (χ4v) is 5.93. The second-order valence-electron chi connectivity index (χ2n) is 9.78. The van der Waals surface area contributed by atoms with Crippen LogP contribution in [0, 0.1) is 0 Å². The number of hydrogen-bond acceptors (Lipinski definition) is 7. The second kappa shape index (κ2) is 11.8.